The number of hydrogen-bond donors (Lipinski definition) is 0. The fourth-order valence-electron chi connectivity index (χ4n) is 3.17. The number of nitrogens with zero attached hydrogens (tertiary/aromatic N) is 1. The smallest absolute Gasteiger partial charge is 0.235 e. The molecule has 2 aromatic rings. The molecule has 0 bridgehead atoms. The highest BCUT2D eigenvalue weighted by molar-refractivity contribution is 6.03. The molecule has 2 aliphatic rings. The maximum absolute atomic E-state index is 12.6. The third-order valence-corrected chi connectivity index (χ3v) is 4.39. The molecule has 0 spiro atoms. The molecule has 2 saturated heterocycles. The van der Waals surface area contributed by atoms with E-state index < -0.39 is 0 Å². The molecule has 0 aliphatic carbocycles. The zero-order chi connectivity index (χ0) is 15.1. The third kappa shape index (κ3) is 2.07. The molecule has 0 aromatic heterocycles. The molecular weight excluding hydrogens is 278 g/mol. The quantitative estimate of drug-likeness (QED) is 0.643. The SMILES string of the molecule is COc1ccc(N2C(=O)[C@H]([C@H]3CO3)[C@H]2c2ccccc2)cc1. The summed E-state index contributed by atoms with van der Waals surface area (Å²) >= 11 is 0. The Hall–Kier alpha value is -2.33. The first kappa shape index (κ1) is 13.3. The van der Waals surface area contributed by atoms with Crippen LogP contribution in [-0.2, 0) is 9.53 Å². The monoisotopic (exact) mass is 295 g/mol. The van der Waals surface area contributed by atoms with Crippen LogP contribution in [0.25, 0.3) is 0 Å². The van der Waals surface area contributed by atoms with Crippen molar-refractivity contribution in [3.05, 3.63) is 60.2 Å². The Morgan fingerprint density at radius 2 is 1.77 bits per heavy atom. The number of carbonyl (C=O) groups is 1. The van der Waals surface area contributed by atoms with Crippen molar-refractivity contribution in [2.75, 3.05) is 18.6 Å². The number of epoxide rings is 1. The minimum atomic E-state index is -0.0653. The fourth-order valence-corrected chi connectivity index (χ4v) is 3.17. The van der Waals surface area contributed by atoms with Crippen LogP contribution in [0.4, 0.5) is 5.69 Å². The minimum absolute atomic E-state index is 0.0506. The van der Waals surface area contributed by atoms with Gasteiger partial charge >= 0.3 is 0 Å². The van der Waals surface area contributed by atoms with Gasteiger partial charge in [0, 0.05) is 5.69 Å². The molecule has 2 aliphatic heterocycles. The molecule has 112 valence electrons. The summed E-state index contributed by atoms with van der Waals surface area (Å²) in [5.41, 5.74) is 2.05. The van der Waals surface area contributed by atoms with Gasteiger partial charge in [0.15, 0.2) is 0 Å². The van der Waals surface area contributed by atoms with E-state index in [0.29, 0.717) is 6.61 Å². The Bertz CT molecular complexity index is 679. The van der Waals surface area contributed by atoms with Gasteiger partial charge in [0.25, 0.3) is 0 Å². The van der Waals surface area contributed by atoms with E-state index in [-0.39, 0.29) is 24.0 Å². The van der Waals surface area contributed by atoms with Crippen LogP contribution in [0.2, 0.25) is 0 Å². The first-order valence-corrected chi connectivity index (χ1v) is 7.43. The van der Waals surface area contributed by atoms with E-state index in [1.165, 1.54) is 0 Å². The molecule has 0 N–H and O–H groups in total. The van der Waals surface area contributed by atoms with E-state index in [2.05, 4.69) is 12.1 Å². The summed E-state index contributed by atoms with van der Waals surface area (Å²) < 4.78 is 10.6. The van der Waals surface area contributed by atoms with Gasteiger partial charge in [-0.3, -0.25) is 4.79 Å². The van der Waals surface area contributed by atoms with Crippen molar-refractivity contribution < 1.29 is 14.3 Å². The highest BCUT2D eigenvalue weighted by Gasteiger charge is 2.56. The van der Waals surface area contributed by atoms with Gasteiger partial charge in [-0.15, -0.1) is 0 Å². The lowest BCUT2D eigenvalue weighted by molar-refractivity contribution is -0.131. The standard InChI is InChI=1S/C18H17NO3/c1-21-14-9-7-13(8-10-14)19-17(12-5-3-2-4-6-12)16(18(19)20)15-11-22-15/h2-10,15-17H,11H2,1H3/t15-,16-,17-/m1/s1. The molecule has 2 fully saturated rings. The molecular formula is C18H17NO3. The summed E-state index contributed by atoms with van der Waals surface area (Å²) in [6.07, 6.45) is 0.0761. The van der Waals surface area contributed by atoms with Gasteiger partial charge in [-0.05, 0) is 29.8 Å². The first-order valence-electron chi connectivity index (χ1n) is 7.43. The van der Waals surface area contributed by atoms with Crippen molar-refractivity contribution in [2.45, 2.75) is 12.1 Å². The van der Waals surface area contributed by atoms with Gasteiger partial charge < -0.3 is 14.4 Å². The second-order valence-electron chi connectivity index (χ2n) is 5.66. The number of amides is 1. The highest BCUT2D eigenvalue weighted by atomic mass is 16.6. The van der Waals surface area contributed by atoms with Crippen molar-refractivity contribution >= 4 is 11.6 Å². The minimum Gasteiger partial charge on any atom is -0.497 e. The van der Waals surface area contributed by atoms with Gasteiger partial charge in [-0.25, -0.2) is 0 Å². The van der Waals surface area contributed by atoms with Crippen LogP contribution >= 0.6 is 0 Å². The van der Waals surface area contributed by atoms with Crippen molar-refractivity contribution in [2.24, 2.45) is 5.92 Å². The summed E-state index contributed by atoms with van der Waals surface area (Å²) in [6.45, 7) is 0.691. The number of rotatable bonds is 4. The summed E-state index contributed by atoms with van der Waals surface area (Å²) in [5, 5.41) is 0. The molecule has 0 unspecified atom stereocenters. The van der Waals surface area contributed by atoms with Gasteiger partial charge in [-0.2, -0.15) is 0 Å². The van der Waals surface area contributed by atoms with Crippen molar-refractivity contribution in [3.8, 4) is 5.75 Å². The topological polar surface area (TPSA) is 42.1 Å². The molecule has 3 atom stereocenters. The van der Waals surface area contributed by atoms with Crippen LogP contribution in [0, 0.1) is 5.92 Å². The lowest BCUT2D eigenvalue weighted by Gasteiger charge is -2.47. The zero-order valence-electron chi connectivity index (χ0n) is 12.3. The first-order chi connectivity index (χ1) is 10.8. The van der Waals surface area contributed by atoms with Crippen LogP contribution < -0.4 is 9.64 Å². The van der Waals surface area contributed by atoms with Crippen LogP contribution in [0.3, 0.4) is 0 Å². The lowest BCUT2D eigenvalue weighted by Crippen LogP contribution is -2.57. The van der Waals surface area contributed by atoms with Crippen LogP contribution in [-0.4, -0.2) is 25.7 Å². The fraction of sp³-hybridized carbons (Fsp3) is 0.278. The number of hydrogen-bond acceptors (Lipinski definition) is 3. The molecule has 0 saturated carbocycles. The summed E-state index contributed by atoms with van der Waals surface area (Å²) in [6, 6.07) is 17.8. The molecule has 4 rings (SSSR count). The van der Waals surface area contributed by atoms with E-state index in [0.717, 1.165) is 17.0 Å². The third-order valence-electron chi connectivity index (χ3n) is 4.39. The second-order valence-corrected chi connectivity index (χ2v) is 5.66. The summed E-state index contributed by atoms with van der Waals surface area (Å²) in [5.74, 6) is 0.862. The normalized spacial score (nSPS) is 26.5. The van der Waals surface area contributed by atoms with E-state index in [1.807, 2.05) is 47.4 Å². The van der Waals surface area contributed by atoms with Crippen LogP contribution in [0.15, 0.2) is 54.6 Å². The highest BCUT2D eigenvalue weighted by Crippen LogP contribution is 2.48. The Morgan fingerprint density at radius 1 is 1.09 bits per heavy atom. The number of ether oxygens (including phenoxy) is 2. The van der Waals surface area contributed by atoms with Crippen molar-refractivity contribution in [3.63, 3.8) is 0 Å². The maximum atomic E-state index is 12.6. The number of carbonyl (C=O) groups excluding carboxylic acids is 1. The molecule has 22 heavy (non-hydrogen) atoms. The predicted molar refractivity (Wildman–Crippen MR) is 82.9 cm³/mol. The van der Waals surface area contributed by atoms with Gasteiger partial charge in [0.1, 0.15) is 5.75 Å². The van der Waals surface area contributed by atoms with E-state index >= 15 is 0 Å². The van der Waals surface area contributed by atoms with Crippen molar-refractivity contribution in [1.82, 2.24) is 0 Å². The number of methoxy groups -OCH3 is 1. The van der Waals surface area contributed by atoms with E-state index in [1.54, 1.807) is 7.11 Å². The largest absolute Gasteiger partial charge is 0.497 e. The second kappa shape index (κ2) is 5.14. The van der Waals surface area contributed by atoms with E-state index in [9.17, 15) is 4.79 Å². The number of benzene rings is 2. The molecule has 4 nitrogen and oxygen atoms in total. The molecule has 0 radical (unpaired) electrons. The Labute approximate surface area is 129 Å². The van der Waals surface area contributed by atoms with Gasteiger partial charge in [-0.1, -0.05) is 30.3 Å². The Kier molecular flexibility index (Phi) is 3.12. The Balaban J connectivity index is 1.68. The zero-order valence-corrected chi connectivity index (χ0v) is 12.3. The maximum Gasteiger partial charge on any atom is 0.235 e. The molecule has 4 heteroatoms. The van der Waals surface area contributed by atoms with Gasteiger partial charge in [0.2, 0.25) is 5.91 Å². The van der Waals surface area contributed by atoms with Gasteiger partial charge in [0.05, 0.1) is 31.8 Å². The summed E-state index contributed by atoms with van der Waals surface area (Å²) in [4.78, 5) is 14.5. The van der Waals surface area contributed by atoms with Crippen LogP contribution in [0.5, 0.6) is 5.75 Å². The lowest BCUT2D eigenvalue weighted by atomic mass is 9.80. The average Bonchev–Trinajstić information content (AvgIpc) is 3.38. The Morgan fingerprint density at radius 3 is 2.36 bits per heavy atom. The number of β-lactam (4-membered cyclic amide) rings is 1. The van der Waals surface area contributed by atoms with Crippen molar-refractivity contribution in [1.29, 1.82) is 0 Å². The number of anilines is 1. The molecule has 2 aromatic carbocycles. The molecule has 1 amide bonds. The average molecular weight is 295 g/mol. The van der Waals surface area contributed by atoms with Crippen LogP contribution in [0.1, 0.15) is 11.6 Å². The summed E-state index contributed by atoms with van der Waals surface area (Å²) in [7, 11) is 1.64. The predicted octanol–water partition coefficient (Wildman–Crippen LogP) is 2.80. The molecule has 2 heterocycles. The van der Waals surface area contributed by atoms with E-state index in [4.69, 9.17) is 9.47 Å².